The summed E-state index contributed by atoms with van der Waals surface area (Å²) in [6, 6.07) is 11.2. The largest absolute Gasteiger partial charge is 0.383 e. The topological polar surface area (TPSA) is 77.8 Å². The molecule has 132 valence electrons. The molecule has 4 aliphatic rings. The van der Waals surface area contributed by atoms with Gasteiger partial charge in [0, 0.05) is 0 Å². The minimum absolute atomic E-state index is 0.236. The molecule has 4 N–H and O–H groups in total. The zero-order chi connectivity index (χ0) is 17.5. The van der Waals surface area contributed by atoms with Gasteiger partial charge in [-0.1, -0.05) is 24.3 Å². The van der Waals surface area contributed by atoms with Crippen molar-refractivity contribution in [3.05, 3.63) is 35.9 Å². The Hall–Kier alpha value is -2.36. The highest BCUT2D eigenvalue weighted by atomic mass is 15.0. The third kappa shape index (κ3) is 1.96. The Bertz CT molecular complexity index is 1020. The molecule has 0 atom stereocenters. The van der Waals surface area contributed by atoms with E-state index in [9.17, 15) is 0 Å². The molecule has 4 saturated carbocycles. The summed E-state index contributed by atoms with van der Waals surface area (Å²) in [5, 5.41) is 3.30. The fraction of sp³-hybridized carbons (Fsp3) is 0.455. The summed E-state index contributed by atoms with van der Waals surface area (Å²) in [4.78, 5) is 8.52. The van der Waals surface area contributed by atoms with Gasteiger partial charge in [-0.15, -0.1) is 0 Å². The summed E-state index contributed by atoms with van der Waals surface area (Å²) < 4.78 is 0. The number of nitrogen functional groups attached to an aromatic ring is 2. The van der Waals surface area contributed by atoms with E-state index in [0.717, 1.165) is 34.0 Å². The van der Waals surface area contributed by atoms with Gasteiger partial charge in [0.2, 0.25) is 5.95 Å². The van der Waals surface area contributed by atoms with E-state index in [1.165, 1.54) is 43.9 Å². The highest BCUT2D eigenvalue weighted by molar-refractivity contribution is 6.11. The van der Waals surface area contributed by atoms with Crippen molar-refractivity contribution in [2.45, 2.75) is 43.9 Å². The van der Waals surface area contributed by atoms with Crippen molar-refractivity contribution in [1.29, 1.82) is 0 Å². The average molecular weight is 344 g/mol. The standard InChI is InChI=1S/C22H24N4/c23-20-19-17-3-2-16(8-15(17)1-4-18(19)25-21(24)26-20)22-9-12-5-13(10-22)7-14(6-12)11-22/h1-4,8,12-14H,5-7,9-11H2,(H4,23,24,25,26). The molecule has 4 fully saturated rings. The van der Waals surface area contributed by atoms with Gasteiger partial charge in [0.05, 0.1) is 10.9 Å². The molecular formula is C22H24N4. The maximum Gasteiger partial charge on any atom is 0.222 e. The normalized spacial score (nSPS) is 32.5. The molecule has 0 unspecified atom stereocenters. The first-order valence-corrected chi connectivity index (χ1v) is 9.86. The molecule has 0 amide bonds. The lowest BCUT2D eigenvalue weighted by molar-refractivity contribution is -0.00512. The molecule has 26 heavy (non-hydrogen) atoms. The predicted octanol–water partition coefficient (Wildman–Crippen LogP) is 4.42. The molecule has 1 aromatic heterocycles. The van der Waals surface area contributed by atoms with Crippen molar-refractivity contribution < 1.29 is 0 Å². The monoisotopic (exact) mass is 344 g/mol. The Labute approximate surface area is 153 Å². The van der Waals surface area contributed by atoms with Crippen LogP contribution in [0.4, 0.5) is 11.8 Å². The van der Waals surface area contributed by atoms with Crippen LogP contribution in [-0.4, -0.2) is 9.97 Å². The van der Waals surface area contributed by atoms with E-state index in [2.05, 4.69) is 34.2 Å². The summed E-state index contributed by atoms with van der Waals surface area (Å²) in [6.07, 6.45) is 8.60. The van der Waals surface area contributed by atoms with Crippen LogP contribution in [-0.2, 0) is 5.41 Å². The van der Waals surface area contributed by atoms with Crippen LogP contribution < -0.4 is 11.5 Å². The number of benzene rings is 2. The second-order valence-electron chi connectivity index (χ2n) is 9.06. The first-order chi connectivity index (χ1) is 12.6. The summed E-state index contributed by atoms with van der Waals surface area (Å²) in [7, 11) is 0. The van der Waals surface area contributed by atoms with Gasteiger partial charge in [0.1, 0.15) is 5.82 Å². The van der Waals surface area contributed by atoms with Gasteiger partial charge >= 0.3 is 0 Å². The van der Waals surface area contributed by atoms with Gasteiger partial charge in [-0.05, 0) is 84.1 Å². The van der Waals surface area contributed by atoms with Gasteiger partial charge in [-0.3, -0.25) is 0 Å². The van der Waals surface area contributed by atoms with Crippen LogP contribution in [0.2, 0.25) is 0 Å². The molecule has 2 aromatic carbocycles. The smallest absolute Gasteiger partial charge is 0.222 e. The minimum atomic E-state index is 0.236. The van der Waals surface area contributed by atoms with Crippen LogP contribution in [0.3, 0.4) is 0 Å². The maximum atomic E-state index is 6.18. The van der Waals surface area contributed by atoms with Crippen molar-refractivity contribution >= 4 is 33.4 Å². The fourth-order valence-electron chi connectivity index (χ4n) is 6.80. The maximum absolute atomic E-state index is 6.18. The van der Waals surface area contributed by atoms with E-state index in [4.69, 9.17) is 11.5 Å². The van der Waals surface area contributed by atoms with E-state index >= 15 is 0 Å². The number of anilines is 2. The lowest BCUT2D eigenvalue weighted by Crippen LogP contribution is -2.48. The van der Waals surface area contributed by atoms with E-state index < -0.39 is 0 Å². The number of nitrogens with zero attached hydrogens (tertiary/aromatic N) is 2. The van der Waals surface area contributed by atoms with Gasteiger partial charge in [-0.25, -0.2) is 4.98 Å². The van der Waals surface area contributed by atoms with E-state index in [0.29, 0.717) is 11.2 Å². The zero-order valence-electron chi connectivity index (χ0n) is 14.9. The molecule has 0 saturated heterocycles. The van der Waals surface area contributed by atoms with Crippen molar-refractivity contribution in [1.82, 2.24) is 9.97 Å². The van der Waals surface area contributed by atoms with Gasteiger partial charge in [0.25, 0.3) is 0 Å². The molecule has 0 radical (unpaired) electrons. The van der Waals surface area contributed by atoms with Crippen molar-refractivity contribution in [3.8, 4) is 0 Å². The van der Waals surface area contributed by atoms with Crippen LogP contribution in [0.25, 0.3) is 21.7 Å². The summed E-state index contributed by atoms with van der Waals surface area (Å²) >= 11 is 0. The molecule has 7 rings (SSSR count). The van der Waals surface area contributed by atoms with Gasteiger partial charge in [0.15, 0.2) is 0 Å². The fourth-order valence-corrected chi connectivity index (χ4v) is 6.80. The second-order valence-corrected chi connectivity index (χ2v) is 9.06. The number of fused-ring (bicyclic) bond motifs is 3. The minimum Gasteiger partial charge on any atom is -0.383 e. The highest BCUT2D eigenvalue weighted by Crippen LogP contribution is 2.60. The third-order valence-electron chi connectivity index (χ3n) is 7.37. The molecular weight excluding hydrogens is 320 g/mol. The molecule has 4 heteroatoms. The first kappa shape index (κ1) is 14.8. The van der Waals surface area contributed by atoms with Crippen LogP contribution in [0.15, 0.2) is 30.3 Å². The SMILES string of the molecule is Nc1nc(N)c2c(ccc3cc(C45CC6CC(CC(C6)C4)C5)ccc32)n1. The van der Waals surface area contributed by atoms with E-state index in [1.54, 1.807) is 5.56 Å². The molecule has 4 bridgehead atoms. The molecule has 0 aliphatic heterocycles. The first-order valence-electron chi connectivity index (χ1n) is 9.86. The summed E-state index contributed by atoms with van der Waals surface area (Å²) in [5.41, 5.74) is 14.7. The second kappa shape index (κ2) is 4.87. The Kier molecular flexibility index (Phi) is 2.77. The predicted molar refractivity (Wildman–Crippen MR) is 106 cm³/mol. The van der Waals surface area contributed by atoms with Gasteiger partial charge < -0.3 is 11.5 Å². The van der Waals surface area contributed by atoms with Crippen LogP contribution in [0.5, 0.6) is 0 Å². The van der Waals surface area contributed by atoms with Crippen LogP contribution in [0.1, 0.15) is 44.1 Å². The number of aromatic nitrogens is 2. The Morgan fingerprint density at radius 1 is 0.846 bits per heavy atom. The number of hydrogen-bond donors (Lipinski definition) is 2. The van der Waals surface area contributed by atoms with E-state index in [-0.39, 0.29) is 5.95 Å². The van der Waals surface area contributed by atoms with Crippen molar-refractivity contribution in [2.75, 3.05) is 11.5 Å². The van der Waals surface area contributed by atoms with Crippen molar-refractivity contribution in [3.63, 3.8) is 0 Å². The summed E-state index contributed by atoms with van der Waals surface area (Å²) in [5.74, 6) is 3.59. The lowest BCUT2D eigenvalue weighted by Gasteiger charge is -2.57. The molecule has 1 heterocycles. The van der Waals surface area contributed by atoms with Gasteiger partial charge in [-0.2, -0.15) is 4.98 Å². The molecule has 4 nitrogen and oxygen atoms in total. The Morgan fingerprint density at radius 2 is 1.54 bits per heavy atom. The Morgan fingerprint density at radius 3 is 2.23 bits per heavy atom. The number of nitrogens with two attached hydrogens (primary N) is 2. The third-order valence-corrected chi connectivity index (χ3v) is 7.37. The number of rotatable bonds is 1. The number of hydrogen-bond acceptors (Lipinski definition) is 4. The highest BCUT2D eigenvalue weighted by Gasteiger charge is 2.51. The summed E-state index contributed by atoms with van der Waals surface area (Å²) in [6.45, 7) is 0. The zero-order valence-corrected chi connectivity index (χ0v) is 14.9. The molecule has 4 aliphatic carbocycles. The quantitative estimate of drug-likeness (QED) is 0.641. The van der Waals surface area contributed by atoms with Crippen LogP contribution >= 0.6 is 0 Å². The van der Waals surface area contributed by atoms with Crippen LogP contribution in [0, 0.1) is 17.8 Å². The molecule has 0 spiro atoms. The Balaban J connectivity index is 1.53. The van der Waals surface area contributed by atoms with Crippen molar-refractivity contribution in [2.24, 2.45) is 17.8 Å². The van der Waals surface area contributed by atoms with E-state index in [1.807, 2.05) is 6.07 Å². The lowest BCUT2D eigenvalue weighted by atomic mass is 9.48. The molecule has 3 aromatic rings. The average Bonchev–Trinajstić information content (AvgIpc) is 2.59.